The molecule has 1 saturated heterocycles. The van der Waals surface area contributed by atoms with Crippen LogP contribution in [0.2, 0.25) is 0 Å². The molecular formula is C21H19F4N3O2. The first-order chi connectivity index (χ1) is 14.2. The van der Waals surface area contributed by atoms with Crippen molar-refractivity contribution < 1.29 is 27.2 Å². The molecule has 1 saturated carbocycles. The van der Waals surface area contributed by atoms with Gasteiger partial charge in [-0.3, -0.25) is 9.69 Å². The van der Waals surface area contributed by atoms with Crippen molar-refractivity contribution in [3.8, 4) is 0 Å². The van der Waals surface area contributed by atoms with E-state index in [2.05, 4.69) is 0 Å². The Morgan fingerprint density at radius 3 is 2.37 bits per heavy atom. The van der Waals surface area contributed by atoms with Crippen LogP contribution in [0.1, 0.15) is 24.0 Å². The number of alkyl halides is 3. The van der Waals surface area contributed by atoms with Crippen molar-refractivity contribution >= 4 is 11.9 Å². The fourth-order valence-corrected chi connectivity index (χ4v) is 3.73. The maximum absolute atomic E-state index is 14.1. The van der Waals surface area contributed by atoms with Crippen LogP contribution in [0.25, 0.3) is 0 Å². The molecule has 5 nitrogen and oxygen atoms in total. The summed E-state index contributed by atoms with van der Waals surface area (Å²) in [7, 11) is 0. The third-order valence-corrected chi connectivity index (χ3v) is 5.40. The van der Waals surface area contributed by atoms with Gasteiger partial charge in [0.15, 0.2) is 0 Å². The molecule has 30 heavy (non-hydrogen) atoms. The molecule has 0 bridgehead atoms. The van der Waals surface area contributed by atoms with E-state index in [9.17, 15) is 27.2 Å². The number of benzene rings is 2. The molecule has 1 atom stereocenters. The molecule has 2 aromatic rings. The molecule has 0 aromatic heterocycles. The number of urea groups is 1. The minimum Gasteiger partial charge on any atom is -0.312 e. The van der Waals surface area contributed by atoms with Crippen molar-refractivity contribution in [2.24, 2.45) is 0 Å². The van der Waals surface area contributed by atoms with Gasteiger partial charge in [-0.2, -0.15) is 13.2 Å². The van der Waals surface area contributed by atoms with Crippen molar-refractivity contribution in [2.75, 3.05) is 6.67 Å². The zero-order chi connectivity index (χ0) is 21.5. The number of halogens is 4. The van der Waals surface area contributed by atoms with Gasteiger partial charge in [0.1, 0.15) is 5.82 Å². The molecule has 1 aliphatic heterocycles. The Labute approximate surface area is 170 Å². The number of hydrogen-bond acceptors (Lipinski definition) is 3. The number of carbonyl (C=O) groups excluding carboxylic acids is 2. The van der Waals surface area contributed by atoms with Crippen LogP contribution in [0.5, 0.6) is 0 Å². The summed E-state index contributed by atoms with van der Waals surface area (Å²) < 4.78 is 55.8. The summed E-state index contributed by atoms with van der Waals surface area (Å²) in [4.78, 5) is 27.8. The Morgan fingerprint density at radius 1 is 1.07 bits per heavy atom. The van der Waals surface area contributed by atoms with E-state index in [1.54, 1.807) is 11.0 Å². The number of imide groups is 1. The van der Waals surface area contributed by atoms with Gasteiger partial charge in [-0.1, -0.05) is 42.5 Å². The third-order valence-electron chi connectivity index (χ3n) is 5.40. The van der Waals surface area contributed by atoms with Gasteiger partial charge in [-0.25, -0.2) is 14.1 Å². The van der Waals surface area contributed by atoms with E-state index in [0.29, 0.717) is 10.5 Å². The van der Waals surface area contributed by atoms with Crippen LogP contribution in [0, 0.1) is 5.82 Å². The number of rotatable bonds is 6. The monoisotopic (exact) mass is 421 g/mol. The standard InChI is InChI=1S/C21H19F4N3O2/c22-16-8-4-5-14(11-16)12-27(17-9-10-17)13-28-18(29)20(21(23,24)25,26-19(28)30)15-6-2-1-3-7-15/h1-8,11,17H,9-10,12-13H2,(H,26,30). The number of nitrogens with zero attached hydrogens (tertiary/aromatic N) is 2. The molecule has 1 unspecified atom stereocenters. The molecular weight excluding hydrogens is 402 g/mol. The van der Waals surface area contributed by atoms with E-state index in [-0.39, 0.29) is 24.8 Å². The maximum Gasteiger partial charge on any atom is 0.425 e. The van der Waals surface area contributed by atoms with Crippen molar-refractivity contribution in [1.29, 1.82) is 0 Å². The summed E-state index contributed by atoms with van der Waals surface area (Å²) in [6.07, 6.45) is -3.44. The Bertz CT molecular complexity index is 962. The molecule has 3 amide bonds. The Hall–Kier alpha value is -2.94. The van der Waals surface area contributed by atoms with Crippen molar-refractivity contribution in [3.05, 3.63) is 71.5 Å². The average molecular weight is 421 g/mol. The average Bonchev–Trinajstić information content (AvgIpc) is 3.50. The topological polar surface area (TPSA) is 52.7 Å². The van der Waals surface area contributed by atoms with Crippen LogP contribution in [-0.4, -0.2) is 40.6 Å². The predicted octanol–water partition coefficient (Wildman–Crippen LogP) is 3.76. The molecule has 1 N–H and O–H groups in total. The fraction of sp³-hybridized carbons (Fsp3) is 0.333. The highest BCUT2D eigenvalue weighted by Gasteiger charge is 2.68. The van der Waals surface area contributed by atoms with E-state index >= 15 is 0 Å². The van der Waals surface area contributed by atoms with Gasteiger partial charge in [-0.15, -0.1) is 0 Å². The quantitative estimate of drug-likeness (QED) is 0.571. The second-order valence-electron chi connectivity index (χ2n) is 7.53. The van der Waals surface area contributed by atoms with E-state index < -0.39 is 29.5 Å². The number of nitrogens with one attached hydrogen (secondary N) is 1. The van der Waals surface area contributed by atoms with Crippen molar-refractivity contribution in [3.63, 3.8) is 0 Å². The first kappa shape index (κ1) is 20.3. The fourth-order valence-electron chi connectivity index (χ4n) is 3.73. The lowest BCUT2D eigenvalue weighted by Crippen LogP contribution is -2.56. The summed E-state index contributed by atoms with van der Waals surface area (Å²) in [6.45, 7) is -0.0969. The summed E-state index contributed by atoms with van der Waals surface area (Å²) in [6, 6.07) is 11.4. The van der Waals surface area contributed by atoms with Crippen LogP contribution < -0.4 is 5.32 Å². The third kappa shape index (κ3) is 3.54. The van der Waals surface area contributed by atoms with E-state index in [1.807, 2.05) is 5.32 Å². The Balaban J connectivity index is 1.62. The smallest absolute Gasteiger partial charge is 0.312 e. The summed E-state index contributed by atoms with van der Waals surface area (Å²) in [5.74, 6) is -1.80. The normalized spacial score (nSPS) is 22.0. The van der Waals surface area contributed by atoms with Crippen LogP contribution in [-0.2, 0) is 16.9 Å². The largest absolute Gasteiger partial charge is 0.425 e. The van der Waals surface area contributed by atoms with E-state index in [4.69, 9.17) is 0 Å². The molecule has 1 heterocycles. The lowest BCUT2D eigenvalue weighted by atomic mass is 9.89. The minimum atomic E-state index is -5.02. The molecule has 4 rings (SSSR count). The number of carbonyl (C=O) groups is 2. The van der Waals surface area contributed by atoms with Gasteiger partial charge in [0, 0.05) is 12.6 Å². The first-order valence-electron chi connectivity index (χ1n) is 9.47. The SMILES string of the molecule is O=C1NC(c2ccccc2)(C(F)(F)F)C(=O)N1CN(Cc1cccc(F)c1)C1CC1. The van der Waals surface area contributed by atoms with Crippen LogP contribution in [0.15, 0.2) is 54.6 Å². The molecule has 2 aliphatic rings. The summed E-state index contributed by atoms with van der Waals surface area (Å²) >= 11 is 0. The molecule has 0 spiro atoms. The predicted molar refractivity (Wildman–Crippen MR) is 99.4 cm³/mol. The van der Waals surface area contributed by atoms with Crippen LogP contribution >= 0.6 is 0 Å². The first-order valence-corrected chi connectivity index (χ1v) is 9.47. The zero-order valence-electron chi connectivity index (χ0n) is 15.8. The van der Waals surface area contributed by atoms with Gasteiger partial charge in [0.2, 0.25) is 5.54 Å². The molecule has 2 fully saturated rings. The second kappa shape index (κ2) is 7.39. The van der Waals surface area contributed by atoms with Gasteiger partial charge in [0.05, 0.1) is 6.67 Å². The molecule has 2 aromatic carbocycles. The van der Waals surface area contributed by atoms with E-state index in [0.717, 1.165) is 12.8 Å². The summed E-state index contributed by atoms with van der Waals surface area (Å²) in [5.41, 5.74) is -2.86. The Kier molecular flexibility index (Phi) is 5.01. The highest BCUT2D eigenvalue weighted by atomic mass is 19.4. The molecule has 9 heteroatoms. The van der Waals surface area contributed by atoms with Gasteiger partial charge >= 0.3 is 12.2 Å². The Morgan fingerprint density at radius 2 is 1.77 bits per heavy atom. The van der Waals surface area contributed by atoms with Crippen LogP contribution in [0.4, 0.5) is 22.4 Å². The highest BCUT2D eigenvalue weighted by Crippen LogP contribution is 2.43. The van der Waals surface area contributed by atoms with Gasteiger partial charge < -0.3 is 5.32 Å². The zero-order valence-corrected chi connectivity index (χ0v) is 15.8. The number of amides is 3. The van der Waals surface area contributed by atoms with E-state index in [1.165, 1.54) is 48.5 Å². The molecule has 1 aliphatic carbocycles. The second-order valence-corrected chi connectivity index (χ2v) is 7.53. The van der Waals surface area contributed by atoms with Gasteiger partial charge in [0.25, 0.3) is 5.91 Å². The molecule has 0 radical (unpaired) electrons. The highest BCUT2D eigenvalue weighted by molar-refractivity contribution is 6.08. The summed E-state index contributed by atoms with van der Waals surface area (Å²) in [5, 5.41) is 1.89. The lowest BCUT2D eigenvalue weighted by Gasteiger charge is -2.30. The minimum absolute atomic E-state index is 0.0199. The van der Waals surface area contributed by atoms with Crippen molar-refractivity contribution in [2.45, 2.75) is 37.1 Å². The molecule has 158 valence electrons. The van der Waals surface area contributed by atoms with Crippen molar-refractivity contribution in [1.82, 2.24) is 15.1 Å². The van der Waals surface area contributed by atoms with Gasteiger partial charge in [-0.05, 0) is 36.1 Å². The number of hydrogen-bond donors (Lipinski definition) is 1. The maximum atomic E-state index is 14.1. The lowest BCUT2D eigenvalue weighted by molar-refractivity contribution is -0.198. The van der Waals surface area contributed by atoms with Crippen LogP contribution in [0.3, 0.4) is 0 Å².